The molecule has 0 unspecified atom stereocenters. The Hall–Kier alpha value is -1.06. The van der Waals surface area contributed by atoms with Gasteiger partial charge in [0.1, 0.15) is 11.4 Å². The molecule has 2 aliphatic heterocycles. The smallest absolute Gasteiger partial charge is 0.410 e. The van der Waals surface area contributed by atoms with E-state index in [9.17, 15) is 9.59 Å². The van der Waals surface area contributed by atoms with Gasteiger partial charge < -0.3 is 9.64 Å². The van der Waals surface area contributed by atoms with Crippen molar-refractivity contribution in [3.05, 3.63) is 0 Å². The van der Waals surface area contributed by atoms with E-state index in [4.69, 9.17) is 4.74 Å². The van der Waals surface area contributed by atoms with Crippen LogP contribution in [0.3, 0.4) is 0 Å². The lowest BCUT2D eigenvalue weighted by Gasteiger charge is -2.41. The Kier molecular flexibility index (Phi) is 3.16. The zero-order chi connectivity index (χ0) is 13.7. The van der Waals surface area contributed by atoms with Crippen molar-refractivity contribution in [2.24, 2.45) is 11.8 Å². The van der Waals surface area contributed by atoms with Gasteiger partial charge in [-0.2, -0.15) is 0 Å². The minimum atomic E-state index is -0.482. The molecule has 0 aromatic heterocycles. The first kappa shape index (κ1) is 13.4. The lowest BCUT2D eigenvalue weighted by Crippen LogP contribution is -2.56. The second-order valence-electron chi connectivity index (χ2n) is 6.58. The van der Waals surface area contributed by atoms with Crippen LogP contribution in [0.4, 0.5) is 4.79 Å². The first-order chi connectivity index (χ1) is 8.22. The summed E-state index contributed by atoms with van der Waals surface area (Å²) in [5.41, 5.74) is -0.482. The molecule has 4 heteroatoms. The van der Waals surface area contributed by atoms with Crippen LogP contribution in [-0.2, 0) is 9.53 Å². The molecule has 0 spiro atoms. The van der Waals surface area contributed by atoms with Crippen molar-refractivity contribution in [2.75, 3.05) is 0 Å². The third-order valence-electron chi connectivity index (χ3n) is 4.13. The number of ether oxygens (including phenoxy) is 1. The third kappa shape index (κ3) is 2.13. The summed E-state index contributed by atoms with van der Waals surface area (Å²) in [6, 6.07) is 0.0714. The number of Topliss-reactive ketones (excluding diaryl/α,β-unsaturated/α-hetero) is 1. The summed E-state index contributed by atoms with van der Waals surface area (Å²) in [7, 11) is 0. The molecule has 0 aliphatic carbocycles. The highest BCUT2D eigenvalue weighted by Crippen LogP contribution is 2.40. The molecule has 0 saturated carbocycles. The lowest BCUT2D eigenvalue weighted by molar-refractivity contribution is -0.133. The number of hydrogen-bond donors (Lipinski definition) is 0. The van der Waals surface area contributed by atoms with Crippen LogP contribution in [-0.4, -0.2) is 34.5 Å². The van der Waals surface area contributed by atoms with E-state index < -0.39 is 5.60 Å². The van der Waals surface area contributed by atoms with Crippen molar-refractivity contribution in [2.45, 2.75) is 65.1 Å². The average molecular weight is 253 g/mol. The highest BCUT2D eigenvalue weighted by atomic mass is 16.6. The van der Waals surface area contributed by atoms with Gasteiger partial charge in [-0.25, -0.2) is 4.79 Å². The predicted octanol–water partition coefficient (Wildman–Crippen LogP) is 2.61. The summed E-state index contributed by atoms with van der Waals surface area (Å²) in [5, 5.41) is 0. The van der Waals surface area contributed by atoms with Crippen molar-refractivity contribution >= 4 is 11.9 Å². The van der Waals surface area contributed by atoms with Gasteiger partial charge in [-0.3, -0.25) is 4.79 Å². The second-order valence-corrected chi connectivity index (χ2v) is 6.58. The molecule has 2 rings (SSSR count). The van der Waals surface area contributed by atoms with E-state index in [1.54, 1.807) is 0 Å². The minimum Gasteiger partial charge on any atom is -0.444 e. The van der Waals surface area contributed by atoms with Crippen LogP contribution in [0.25, 0.3) is 0 Å². The SMILES string of the molecule is C[C@H]1C(=O)[C@H](C)[C@H]2CC[C@H]1N2C(=O)OC(C)(C)C. The van der Waals surface area contributed by atoms with E-state index in [1.807, 2.05) is 39.5 Å². The maximum atomic E-state index is 12.3. The van der Waals surface area contributed by atoms with Crippen molar-refractivity contribution in [3.8, 4) is 0 Å². The molecule has 2 saturated heterocycles. The average Bonchev–Trinajstić information content (AvgIpc) is 2.63. The summed E-state index contributed by atoms with van der Waals surface area (Å²) >= 11 is 0. The molecule has 0 radical (unpaired) electrons. The van der Waals surface area contributed by atoms with Gasteiger partial charge in [0.25, 0.3) is 0 Å². The molecule has 2 heterocycles. The van der Waals surface area contributed by atoms with Gasteiger partial charge in [0, 0.05) is 23.9 Å². The molecule has 1 amide bonds. The number of piperidine rings is 1. The molecule has 0 aromatic rings. The fourth-order valence-corrected chi connectivity index (χ4v) is 3.23. The van der Waals surface area contributed by atoms with Gasteiger partial charge >= 0.3 is 6.09 Å². The fourth-order valence-electron chi connectivity index (χ4n) is 3.23. The van der Waals surface area contributed by atoms with E-state index in [-0.39, 0.29) is 30.0 Å². The molecule has 4 atom stereocenters. The normalized spacial score (nSPS) is 35.8. The molecular formula is C14H23NO3. The molecule has 2 fully saturated rings. The lowest BCUT2D eigenvalue weighted by atomic mass is 9.84. The minimum absolute atomic E-state index is 0.0357. The quantitative estimate of drug-likeness (QED) is 0.666. The number of carbonyl (C=O) groups is 2. The molecule has 18 heavy (non-hydrogen) atoms. The number of carbonyl (C=O) groups excluding carboxylic acids is 2. The number of ketones is 1. The van der Waals surface area contributed by atoms with Gasteiger partial charge in [-0.1, -0.05) is 13.8 Å². The fraction of sp³-hybridized carbons (Fsp3) is 0.857. The van der Waals surface area contributed by atoms with Gasteiger partial charge in [-0.15, -0.1) is 0 Å². The van der Waals surface area contributed by atoms with E-state index in [0.717, 1.165) is 12.8 Å². The highest BCUT2D eigenvalue weighted by molar-refractivity contribution is 5.87. The molecule has 4 nitrogen and oxygen atoms in total. The molecule has 2 aliphatic rings. The number of hydrogen-bond acceptors (Lipinski definition) is 3. The molecular weight excluding hydrogens is 230 g/mol. The number of nitrogens with zero attached hydrogens (tertiary/aromatic N) is 1. The van der Waals surface area contributed by atoms with Crippen molar-refractivity contribution in [1.29, 1.82) is 0 Å². The van der Waals surface area contributed by atoms with Crippen LogP contribution in [0.5, 0.6) is 0 Å². The first-order valence-electron chi connectivity index (χ1n) is 6.77. The molecule has 2 bridgehead atoms. The Morgan fingerprint density at radius 2 is 1.61 bits per heavy atom. The van der Waals surface area contributed by atoms with Crippen LogP contribution in [0.2, 0.25) is 0 Å². The zero-order valence-electron chi connectivity index (χ0n) is 11.9. The second kappa shape index (κ2) is 4.25. The Morgan fingerprint density at radius 1 is 1.17 bits per heavy atom. The summed E-state index contributed by atoms with van der Waals surface area (Å²) in [6.07, 6.45) is 1.57. The third-order valence-corrected chi connectivity index (χ3v) is 4.13. The van der Waals surface area contributed by atoms with Gasteiger partial charge in [0.05, 0.1) is 0 Å². The van der Waals surface area contributed by atoms with Gasteiger partial charge in [0.2, 0.25) is 0 Å². The Morgan fingerprint density at radius 3 is 2.00 bits per heavy atom. The predicted molar refractivity (Wildman–Crippen MR) is 68.2 cm³/mol. The summed E-state index contributed by atoms with van der Waals surface area (Å²) < 4.78 is 5.47. The summed E-state index contributed by atoms with van der Waals surface area (Å²) in [5.74, 6) is 0.167. The van der Waals surface area contributed by atoms with Crippen LogP contribution in [0, 0.1) is 11.8 Å². The van der Waals surface area contributed by atoms with E-state index >= 15 is 0 Å². The van der Waals surface area contributed by atoms with E-state index in [2.05, 4.69) is 0 Å². The van der Waals surface area contributed by atoms with Crippen molar-refractivity contribution in [3.63, 3.8) is 0 Å². The zero-order valence-corrected chi connectivity index (χ0v) is 11.9. The monoisotopic (exact) mass is 253 g/mol. The molecule has 102 valence electrons. The van der Waals surface area contributed by atoms with E-state index in [1.165, 1.54) is 0 Å². The number of fused-ring (bicyclic) bond motifs is 2. The highest BCUT2D eigenvalue weighted by Gasteiger charge is 2.51. The largest absolute Gasteiger partial charge is 0.444 e. The van der Waals surface area contributed by atoms with Gasteiger partial charge in [-0.05, 0) is 33.6 Å². The van der Waals surface area contributed by atoms with Crippen LogP contribution in [0.15, 0.2) is 0 Å². The Balaban J connectivity index is 2.20. The standard InChI is InChI=1S/C14H23NO3/c1-8-10-6-7-11(9(2)12(8)16)15(10)13(17)18-14(3,4)5/h8-11H,6-7H2,1-5H3/t8-,9-,10-,11-/m1/s1. The summed E-state index contributed by atoms with van der Waals surface area (Å²) in [4.78, 5) is 26.1. The maximum absolute atomic E-state index is 12.3. The molecule has 0 N–H and O–H groups in total. The molecule has 0 aromatic carbocycles. The van der Waals surface area contributed by atoms with Crippen molar-refractivity contribution in [1.82, 2.24) is 4.90 Å². The Labute approximate surface area is 109 Å². The van der Waals surface area contributed by atoms with E-state index in [0.29, 0.717) is 5.78 Å². The van der Waals surface area contributed by atoms with Crippen LogP contribution >= 0.6 is 0 Å². The van der Waals surface area contributed by atoms with Crippen LogP contribution in [0.1, 0.15) is 47.5 Å². The first-order valence-corrected chi connectivity index (χ1v) is 6.77. The summed E-state index contributed by atoms with van der Waals surface area (Å²) in [6.45, 7) is 9.48. The number of amides is 1. The van der Waals surface area contributed by atoms with Crippen molar-refractivity contribution < 1.29 is 14.3 Å². The maximum Gasteiger partial charge on any atom is 0.410 e. The van der Waals surface area contributed by atoms with Gasteiger partial charge in [0.15, 0.2) is 0 Å². The topological polar surface area (TPSA) is 46.6 Å². The van der Waals surface area contributed by atoms with Crippen LogP contribution < -0.4 is 0 Å². The number of rotatable bonds is 0. The Bertz CT molecular complexity index is 352.